The fraction of sp³-hybridized carbons (Fsp3) is 0.500. The maximum atomic E-state index is 12.7. The standard InChI is InChI=1S/C14H16N4O3/c19-13(20)16-8-6-10(7-8)18-12-11(2-1-5-15-12)17(14(18)21)9-3-4-9/h1-2,5,8-10,16H,3-4,6-7H2,(H,19,20)/t8-,10-. The summed E-state index contributed by atoms with van der Waals surface area (Å²) in [6.07, 6.45) is 4.06. The molecule has 0 aromatic carbocycles. The molecule has 21 heavy (non-hydrogen) atoms. The molecule has 0 radical (unpaired) electrons. The van der Waals surface area contributed by atoms with E-state index in [0.717, 1.165) is 18.4 Å². The summed E-state index contributed by atoms with van der Waals surface area (Å²) in [5.74, 6) is 0. The van der Waals surface area contributed by atoms with Gasteiger partial charge in [0.05, 0.1) is 5.52 Å². The van der Waals surface area contributed by atoms with Gasteiger partial charge >= 0.3 is 11.8 Å². The van der Waals surface area contributed by atoms with Gasteiger partial charge < -0.3 is 10.4 Å². The van der Waals surface area contributed by atoms with E-state index in [1.807, 2.05) is 16.7 Å². The van der Waals surface area contributed by atoms with Gasteiger partial charge in [-0.1, -0.05) is 0 Å². The lowest BCUT2D eigenvalue weighted by Crippen LogP contribution is -2.46. The molecule has 0 unspecified atom stereocenters. The van der Waals surface area contributed by atoms with Crippen molar-refractivity contribution in [2.75, 3.05) is 0 Å². The van der Waals surface area contributed by atoms with Crippen LogP contribution in [0, 0.1) is 0 Å². The predicted molar refractivity (Wildman–Crippen MR) is 75.5 cm³/mol. The number of rotatable bonds is 3. The molecule has 7 heteroatoms. The number of hydrogen-bond acceptors (Lipinski definition) is 3. The number of imidazole rings is 1. The number of carbonyl (C=O) groups is 1. The molecule has 0 bridgehead atoms. The molecule has 2 saturated carbocycles. The zero-order valence-electron chi connectivity index (χ0n) is 11.4. The van der Waals surface area contributed by atoms with Crippen LogP contribution in [0.15, 0.2) is 23.1 Å². The largest absolute Gasteiger partial charge is 0.465 e. The second-order valence-electron chi connectivity index (χ2n) is 5.87. The molecule has 4 rings (SSSR count). The average molecular weight is 288 g/mol. The molecule has 2 aromatic rings. The third kappa shape index (κ3) is 1.91. The van der Waals surface area contributed by atoms with Crippen LogP contribution >= 0.6 is 0 Å². The van der Waals surface area contributed by atoms with Gasteiger partial charge in [0.2, 0.25) is 0 Å². The number of nitrogens with one attached hydrogen (secondary N) is 1. The molecule has 7 nitrogen and oxygen atoms in total. The van der Waals surface area contributed by atoms with Crippen LogP contribution in [0.2, 0.25) is 0 Å². The van der Waals surface area contributed by atoms with Crippen LogP contribution in [0.4, 0.5) is 4.79 Å². The molecule has 1 amide bonds. The lowest BCUT2D eigenvalue weighted by Gasteiger charge is -2.35. The number of amides is 1. The summed E-state index contributed by atoms with van der Waals surface area (Å²) in [6, 6.07) is 4.05. The Morgan fingerprint density at radius 3 is 2.71 bits per heavy atom. The first-order valence-electron chi connectivity index (χ1n) is 7.22. The smallest absolute Gasteiger partial charge is 0.404 e. The Kier molecular flexibility index (Phi) is 2.57. The van der Waals surface area contributed by atoms with Gasteiger partial charge in [0.25, 0.3) is 0 Å². The normalized spacial score (nSPS) is 24.8. The van der Waals surface area contributed by atoms with Gasteiger partial charge in [-0.15, -0.1) is 0 Å². The van der Waals surface area contributed by atoms with E-state index < -0.39 is 6.09 Å². The first kappa shape index (κ1) is 12.4. The van der Waals surface area contributed by atoms with Crippen LogP contribution in [0.25, 0.3) is 11.2 Å². The fourth-order valence-electron chi connectivity index (χ4n) is 3.18. The van der Waals surface area contributed by atoms with Gasteiger partial charge in [0, 0.05) is 24.3 Å². The second-order valence-corrected chi connectivity index (χ2v) is 5.87. The lowest BCUT2D eigenvalue weighted by molar-refractivity contribution is 0.167. The van der Waals surface area contributed by atoms with Crippen molar-refractivity contribution in [1.82, 2.24) is 19.4 Å². The molecular formula is C14H16N4O3. The highest BCUT2D eigenvalue weighted by molar-refractivity contribution is 5.72. The van der Waals surface area contributed by atoms with E-state index in [0.29, 0.717) is 24.5 Å². The van der Waals surface area contributed by atoms with Crippen molar-refractivity contribution in [3.05, 3.63) is 28.8 Å². The number of hydrogen-bond donors (Lipinski definition) is 2. The van der Waals surface area contributed by atoms with Gasteiger partial charge in [-0.25, -0.2) is 14.6 Å². The van der Waals surface area contributed by atoms with Gasteiger partial charge in [-0.05, 0) is 37.8 Å². The molecule has 2 N–H and O–H groups in total. The molecular weight excluding hydrogens is 272 g/mol. The Labute approximate surface area is 120 Å². The summed E-state index contributed by atoms with van der Waals surface area (Å²) in [7, 11) is 0. The number of aromatic nitrogens is 3. The summed E-state index contributed by atoms with van der Waals surface area (Å²) >= 11 is 0. The molecule has 0 saturated heterocycles. The molecule has 0 aliphatic heterocycles. The zero-order chi connectivity index (χ0) is 14.6. The number of carboxylic acid groups (broad SMARTS) is 1. The molecule has 2 fully saturated rings. The van der Waals surface area contributed by atoms with Gasteiger partial charge in [0.15, 0.2) is 5.65 Å². The van der Waals surface area contributed by atoms with Crippen molar-refractivity contribution >= 4 is 17.3 Å². The first-order valence-corrected chi connectivity index (χ1v) is 7.22. The van der Waals surface area contributed by atoms with Crippen molar-refractivity contribution < 1.29 is 9.90 Å². The Bertz CT molecular complexity index is 768. The van der Waals surface area contributed by atoms with Gasteiger partial charge in [-0.3, -0.25) is 9.13 Å². The van der Waals surface area contributed by atoms with Gasteiger partial charge in [-0.2, -0.15) is 0 Å². The molecule has 2 heterocycles. The first-order chi connectivity index (χ1) is 10.1. The van der Waals surface area contributed by atoms with Crippen LogP contribution < -0.4 is 11.0 Å². The van der Waals surface area contributed by atoms with Crippen molar-refractivity contribution in [1.29, 1.82) is 0 Å². The van der Waals surface area contributed by atoms with Crippen LogP contribution in [0.5, 0.6) is 0 Å². The van der Waals surface area contributed by atoms with Crippen molar-refractivity contribution in [3.63, 3.8) is 0 Å². The van der Waals surface area contributed by atoms with E-state index >= 15 is 0 Å². The van der Waals surface area contributed by atoms with E-state index in [4.69, 9.17) is 5.11 Å². The van der Waals surface area contributed by atoms with Crippen molar-refractivity contribution in [2.24, 2.45) is 0 Å². The van der Waals surface area contributed by atoms with E-state index in [2.05, 4.69) is 10.3 Å². The third-order valence-electron chi connectivity index (χ3n) is 4.38. The van der Waals surface area contributed by atoms with Crippen LogP contribution in [0.1, 0.15) is 37.8 Å². The van der Waals surface area contributed by atoms with E-state index in [9.17, 15) is 9.59 Å². The lowest BCUT2D eigenvalue weighted by atomic mass is 9.86. The Morgan fingerprint density at radius 1 is 1.29 bits per heavy atom. The van der Waals surface area contributed by atoms with Crippen LogP contribution in [-0.4, -0.2) is 31.4 Å². The maximum Gasteiger partial charge on any atom is 0.404 e. The van der Waals surface area contributed by atoms with E-state index in [1.165, 1.54) is 0 Å². The summed E-state index contributed by atoms with van der Waals surface area (Å²) in [5, 5.41) is 11.2. The van der Waals surface area contributed by atoms with Crippen LogP contribution in [-0.2, 0) is 0 Å². The Morgan fingerprint density at radius 2 is 2.05 bits per heavy atom. The summed E-state index contributed by atoms with van der Waals surface area (Å²) < 4.78 is 3.59. The van der Waals surface area contributed by atoms with Crippen molar-refractivity contribution in [2.45, 2.75) is 43.8 Å². The topological polar surface area (TPSA) is 89.1 Å². The second kappa shape index (κ2) is 4.34. The average Bonchev–Trinajstić information content (AvgIpc) is 3.18. The van der Waals surface area contributed by atoms with E-state index in [-0.39, 0.29) is 17.8 Å². The summed E-state index contributed by atoms with van der Waals surface area (Å²) in [5.41, 5.74) is 1.60. The third-order valence-corrected chi connectivity index (χ3v) is 4.38. The minimum Gasteiger partial charge on any atom is -0.465 e. The highest BCUT2D eigenvalue weighted by atomic mass is 16.4. The minimum atomic E-state index is -1.01. The molecule has 0 spiro atoms. The highest BCUT2D eigenvalue weighted by Gasteiger charge is 2.36. The Hall–Kier alpha value is -2.31. The molecule has 0 atom stereocenters. The maximum absolute atomic E-state index is 12.7. The number of nitrogens with zero attached hydrogens (tertiary/aromatic N) is 3. The quantitative estimate of drug-likeness (QED) is 0.895. The number of pyridine rings is 1. The molecule has 2 aromatic heterocycles. The van der Waals surface area contributed by atoms with Crippen molar-refractivity contribution in [3.8, 4) is 0 Å². The molecule has 110 valence electrons. The summed E-state index contributed by atoms with van der Waals surface area (Å²) in [4.78, 5) is 27.7. The molecule has 2 aliphatic rings. The van der Waals surface area contributed by atoms with E-state index in [1.54, 1.807) is 10.8 Å². The monoisotopic (exact) mass is 288 g/mol. The predicted octanol–water partition coefficient (Wildman–Crippen LogP) is 1.50. The molecule has 2 aliphatic carbocycles. The zero-order valence-corrected chi connectivity index (χ0v) is 11.4. The Balaban J connectivity index is 1.71. The highest BCUT2D eigenvalue weighted by Crippen LogP contribution is 2.38. The van der Waals surface area contributed by atoms with Gasteiger partial charge in [0.1, 0.15) is 0 Å². The summed E-state index contributed by atoms with van der Waals surface area (Å²) in [6.45, 7) is 0. The minimum absolute atomic E-state index is 0.00928. The van der Waals surface area contributed by atoms with Crippen LogP contribution in [0.3, 0.4) is 0 Å². The number of fused-ring (bicyclic) bond motifs is 1. The SMILES string of the molecule is O=C(O)N[C@H]1C[C@H](n2c(=O)n(C3CC3)c3cccnc32)C1. The fourth-order valence-corrected chi connectivity index (χ4v) is 3.18.